The number of nitrogens with one attached hydrogen (secondary N) is 2. The number of benzene rings is 3. The predicted molar refractivity (Wildman–Crippen MR) is 125 cm³/mol. The van der Waals surface area contributed by atoms with Crippen molar-refractivity contribution >= 4 is 35.0 Å². The molecule has 0 fully saturated rings. The van der Waals surface area contributed by atoms with Gasteiger partial charge in [-0.1, -0.05) is 30.3 Å². The quantitative estimate of drug-likeness (QED) is 0.273. The summed E-state index contributed by atoms with van der Waals surface area (Å²) in [6, 6.07) is 23.5. The monoisotopic (exact) mass is 444 g/mol. The first-order valence-electron chi connectivity index (χ1n) is 9.86. The van der Waals surface area contributed by atoms with Gasteiger partial charge in [0.25, 0.3) is 0 Å². The lowest BCUT2D eigenvalue weighted by Crippen LogP contribution is -2.19. The van der Waals surface area contributed by atoms with E-state index in [9.17, 15) is 9.59 Å². The first-order chi connectivity index (χ1) is 15.6. The standard InChI is InChI=1S/C24H20N4O3S/c1-16(29)18-8-5-9-20(14-18)26-24(30)25-19-10-12-21(13-11-19)32-15-22-27-28-23(31-22)17-6-3-2-4-7-17/h2-14H,15H2,1H3,(H2,25,26,30). The molecule has 32 heavy (non-hydrogen) atoms. The van der Waals surface area contributed by atoms with E-state index in [-0.39, 0.29) is 11.8 Å². The summed E-state index contributed by atoms with van der Waals surface area (Å²) in [5.41, 5.74) is 2.63. The van der Waals surface area contributed by atoms with Gasteiger partial charge in [0, 0.05) is 27.4 Å². The molecule has 2 amide bonds. The molecule has 0 aliphatic carbocycles. The van der Waals surface area contributed by atoms with Crippen molar-refractivity contribution in [1.29, 1.82) is 0 Å². The number of carbonyl (C=O) groups excluding carboxylic acids is 2. The van der Waals surface area contributed by atoms with E-state index in [1.165, 1.54) is 6.92 Å². The molecular formula is C24H20N4O3S. The van der Waals surface area contributed by atoms with Crippen LogP contribution in [-0.4, -0.2) is 22.0 Å². The average molecular weight is 445 g/mol. The summed E-state index contributed by atoms with van der Waals surface area (Å²) >= 11 is 1.56. The van der Waals surface area contributed by atoms with Gasteiger partial charge in [-0.2, -0.15) is 0 Å². The Morgan fingerprint density at radius 3 is 2.38 bits per heavy atom. The maximum atomic E-state index is 12.2. The normalized spacial score (nSPS) is 10.5. The number of ketones is 1. The highest BCUT2D eigenvalue weighted by Gasteiger charge is 2.09. The number of hydrogen-bond acceptors (Lipinski definition) is 6. The van der Waals surface area contributed by atoms with Gasteiger partial charge in [-0.3, -0.25) is 4.79 Å². The SMILES string of the molecule is CC(=O)c1cccc(NC(=O)Nc2ccc(SCc3nnc(-c4ccccc4)o3)cc2)c1. The molecule has 0 unspecified atom stereocenters. The van der Waals surface area contributed by atoms with Crippen molar-refractivity contribution in [2.45, 2.75) is 17.6 Å². The van der Waals surface area contributed by atoms with Crippen molar-refractivity contribution in [2.24, 2.45) is 0 Å². The maximum Gasteiger partial charge on any atom is 0.323 e. The summed E-state index contributed by atoms with van der Waals surface area (Å²) in [4.78, 5) is 24.7. The summed E-state index contributed by atoms with van der Waals surface area (Å²) in [6.45, 7) is 1.49. The van der Waals surface area contributed by atoms with Crippen LogP contribution in [0.2, 0.25) is 0 Å². The van der Waals surface area contributed by atoms with Crippen molar-refractivity contribution in [1.82, 2.24) is 10.2 Å². The number of nitrogens with zero attached hydrogens (tertiary/aromatic N) is 2. The molecule has 160 valence electrons. The van der Waals surface area contributed by atoms with Crippen LogP contribution in [0.3, 0.4) is 0 Å². The lowest BCUT2D eigenvalue weighted by Gasteiger charge is -2.09. The lowest BCUT2D eigenvalue weighted by atomic mass is 10.1. The summed E-state index contributed by atoms with van der Waals surface area (Å²) < 4.78 is 5.72. The molecule has 0 bridgehead atoms. The molecule has 4 rings (SSSR count). The van der Waals surface area contributed by atoms with Crippen LogP contribution >= 0.6 is 11.8 Å². The number of amides is 2. The number of thioether (sulfide) groups is 1. The molecular weight excluding hydrogens is 424 g/mol. The minimum Gasteiger partial charge on any atom is -0.420 e. The molecule has 1 aromatic heterocycles. The molecule has 3 aromatic carbocycles. The Bertz CT molecular complexity index is 1220. The van der Waals surface area contributed by atoms with E-state index >= 15 is 0 Å². The van der Waals surface area contributed by atoms with E-state index in [0.717, 1.165) is 10.5 Å². The summed E-state index contributed by atoms with van der Waals surface area (Å²) in [5, 5.41) is 13.7. The molecule has 8 heteroatoms. The summed E-state index contributed by atoms with van der Waals surface area (Å²) in [6.07, 6.45) is 0. The number of urea groups is 1. The Hall–Kier alpha value is -3.91. The van der Waals surface area contributed by atoms with Gasteiger partial charge in [-0.05, 0) is 55.5 Å². The third-order valence-electron chi connectivity index (χ3n) is 4.49. The van der Waals surface area contributed by atoms with E-state index in [0.29, 0.717) is 34.5 Å². The van der Waals surface area contributed by atoms with Gasteiger partial charge in [0.2, 0.25) is 11.8 Å². The molecule has 7 nitrogen and oxygen atoms in total. The highest BCUT2D eigenvalue weighted by atomic mass is 32.2. The number of Topliss-reactive ketones (excluding diaryl/α,β-unsaturated/α-hetero) is 1. The molecule has 4 aromatic rings. The highest BCUT2D eigenvalue weighted by Crippen LogP contribution is 2.25. The van der Waals surface area contributed by atoms with Crippen LogP contribution in [0.1, 0.15) is 23.2 Å². The largest absolute Gasteiger partial charge is 0.420 e. The van der Waals surface area contributed by atoms with Crippen LogP contribution < -0.4 is 10.6 Å². The van der Waals surface area contributed by atoms with Crippen molar-refractivity contribution < 1.29 is 14.0 Å². The molecule has 1 heterocycles. The van der Waals surface area contributed by atoms with Crippen LogP contribution in [0.25, 0.3) is 11.5 Å². The van der Waals surface area contributed by atoms with Gasteiger partial charge >= 0.3 is 6.03 Å². The molecule has 0 spiro atoms. The summed E-state index contributed by atoms with van der Waals surface area (Å²) in [7, 11) is 0. The van der Waals surface area contributed by atoms with Crippen LogP contribution in [-0.2, 0) is 5.75 Å². The molecule has 2 N–H and O–H groups in total. The van der Waals surface area contributed by atoms with E-state index < -0.39 is 0 Å². The third kappa shape index (κ3) is 5.61. The number of rotatable bonds is 7. The van der Waals surface area contributed by atoms with Crippen molar-refractivity contribution in [2.75, 3.05) is 10.6 Å². The second-order valence-electron chi connectivity index (χ2n) is 6.90. The van der Waals surface area contributed by atoms with Crippen LogP contribution in [0.4, 0.5) is 16.2 Å². The zero-order chi connectivity index (χ0) is 22.3. The van der Waals surface area contributed by atoms with E-state index in [2.05, 4.69) is 20.8 Å². The van der Waals surface area contributed by atoms with Crippen molar-refractivity contribution in [3.8, 4) is 11.5 Å². The smallest absolute Gasteiger partial charge is 0.323 e. The number of hydrogen-bond donors (Lipinski definition) is 2. The van der Waals surface area contributed by atoms with Crippen molar-refractivity contribution in [3.63, 3.8) is 0 Å². The van der Waals surface area contributed by atoms with Gasteiger partial charge in [-0.25, -0.2) is 4.79 Å². The van der Waals surface area contributed by atoms with Crippen LogP contribution in [0.15, 0.2) is 88.2 Å². The Morgan fingerprint density at radius 1 is 0.875 bits per heavy atom. The number of anilines is 2. The fourth-order valence-corrected chi connectivity index (χ4v) is 3.63. The number of carbonyl (C=O) groups is 2. The van der Waals surface area contributed by atoms with Crippen LogP contribution in [0, 0.1) is 0 Å². The van der Waals surface area contributed by atoms with E-state index in [1.807, 2.05) is 54.6 Å². The third-order valence-corrected chi connectivity index (χ3v) is 5.49. The predicted octanol–water partition coefficient (Wildman–Crippen LogP) is 5.88. The van der Waals surface area contributed by atoms with E-state index in [1.54, 1.807) is 36.0 Å². The van der Waals surface area contributed by atoms with Gasteiger partial charge in [0.15, 0.2) is 5.78 Å². The summed E-state index contributed by atoms with van der Waals surface area (Å²) in [5.74, 6) is 1.53. The van der Waals surface area contributed by atoms with Crippen molar-refractivity contribution in [3.05, 3.63) is 90.3 Å². The van der Waals surface area contributed by atoms with Gasteiger partial charge in [0.05, 0.1) is 5.75 Å². The lowest BCUT2D eigenvalue weighted by molar-refractivity contribution is 0.101. The van der Waals surface area contributed by atoms with Crippen LogP contribution in [0.5, 0.6) is 0 Å². The fraction of sp³-hybridized carbons (Fsp3) is 0.0833. The zero-order valence-corrected chi connectivity index (χ0v) is 18.1. The molecule has 0 atom stereocenters. The second-order valence-corrected chi connectivity index (χ2v) is 7.94. The van der Waals surface area contributed by atoms with E-state index in [4.69, 9.17) is 4.42 Å². The Kier molecular flexibility index (Phi) is 6.62. The maximum absolute atomic E-state index is 12.2. The Labute approximate surface area is 189 Å². The van der Waals surface area contributed by atoms with Gasteiger partial charge in [-0.15, -0.1) is 22.0 Å². The minimum absolute atomic E-state index is 0.0565. The Morgan fingerprint density at radius 2 is 1.62 bits per heavy atom. The first kappa shape index (κ1) is 21.3. The molecule has 0 aliphatic rings. The van der Waals surface area contributed by atoms with Gasteiger partial charge < -0.3 is 15.1 Å². The average Bonchev–Trinajstić information content (AvgIpc) is 3.28. The molecule has 0 aliphatic heterocycles. The second kappa shape index (κ2) is 9.93. The fourth-order valence-electron chi connectivity index (χ4n) is 2.90. The topological polar surface area (TPSA) is 97.1 Å². The minimum atomic E-state index is -0.384. The Balaban J connectivity index is 1.30. The molecule has 0 saturated carbocycles. The zero-order valence-electron chi connectivity index (χ0n) is 17.2. The molecule has 0 radical (unpaired) electrons. The highest BCUT2D eigenvalue weighted by molar-refractivity contribution is 7.98. The first-order valence-corrected chi connectivity index (χ1v) is 10.8. The molecule has 0 saturated heterocycles. The van der Waals surface area contributed by atoms with Gasteiger partial charge in [0.1, 0.15) is 0 Å². The number of aromatic nitrogens is 2.